The summed E-state index contributed by atoms with van der Waals surface area (Å²) in [6.45, 7) is 1.69. The molecule has 6 heteroatoms. The Morgan fingerprint density at radius 3 is 2.43 bits per heavy atom. The smallest absolute Gasteiger partial charge is 0.311 e. The monoisotopic (exact) mass is 290 g/mol. The van der Waals surface area contributed by atoms with Crippen molar-refractivity contribution in [2.45, 2.75) is 44.9 Å². The molecule has 1 saturated carbocycles. The van der Waals surface area contributed by atoms with Crippen molar-refractivity contribution in [3.8, 4) is 0 Å². The second kappa shape index (κ2) is 5.50. The first-order chi connectivity index (χ1) is 10.1. The van der Waals surface area contributed by atoms with Crippen molar-refractivity contribution in [3.05, 3.63) is 22.2 Å². The topological polar surface area (TPSA) is 85.3 Å². The molecule has 114 valence electrons. The zero-order valence-electron chi connectivity index (χ0n) is 12.3. The third-order valence-corrected chi connectivity index (χ3v) is 5.11. The molecular weight excluding hydrogens is 268 g/mol. The summed E-state index contributed by atoms with van der Waals surface area (Å²) >= 11 is 0. The molecule has 0 aromatic carbocycles. The molecule has 2 heterocycles. The van der Waals surface area contributed by atoms with E-state index < -0.39 is 0 Å². The average molecular weight is 290 g/mol. The first-order valence-electron chi connectivity index (χ1n) is 7.76. The molecule has 3 rings (SSSR count). The van der Waals surface area contributed by atoms with E-state index in [4.69, 9.17) is 5.73 Å². The average Bonchev–Trinajstić information content (AvgIpc) is 2.48. The van der Waals surface area contributed by atoms with Crippen LogP contribution in [0.2, 0.25) is 0 Å². The number of rotatable bonds is 2. The van der Waals surface area contributed by atoms with Gasteiger partial charge in [-0.25, -0.2) is 4.98 Å². The van der Waals surface area contributed by atoms with Crippen LogP contribution in [0.15, 0.2) is 12.1 Å². The van der Waals surface area contributed by atoms with E-state index in [0.717, 1.165) is 25.9 Å². The van der Waals surface area contributed by atoms with Crippen molar-refractivity contribution in [2.24, 2.45) is 5.41 Å². The summed E-state index contributed by atoms with van der Waals surface area (Å²) in [6, 6.07) is 2.96. The Hall–Kier alpha value is -1.85. The molecule has 2 fully saturated rings. The lowest BCUT2D eigenvalue weighted by molar-refractivity contribution is -0.384. The minimum Gasteiger partial charge on any atom is -0.384 e. The molecule has 6 nitrogen and oxygen atoms in total. The van der Waals surface area contributed by atoms with Crippen LogP contribution in [0.5, 0.6) is 0 Å². The van der Waals surface area contributed by atoms with Gasteiger partial charge in [0.2, 0.25) is 5.82 Å². The molecule has 0 bridgehead atoms. The number of nitro groups is 1. The Bertz CT molecular complexity index is 530. The van der Waals surface area contributed by atoms with Crippen molar-refractivity contribution in [1.82, 2.24) is 4.98 Å². The Morgan fingerprint density at radius 1 is 1.14 bits per heavy atom. The van der Waals surface area contributed by atoms with E-state index in [-0.39, 0.29) is 10.6 Å². The van der Waals surface area contributed by atoms with Gasteiger partial charge < -0.3 is 10.6 Å². The lowest BCUT2D eigenvalue weighted by Gasteiger charge is -2.44. The largest absolute Gasteiger partial charge is 0.384 e. The van der Waals surface area contributed by atoms with E-state index in [9.17, 15) is 10.1 Å². The summed E-state index contributed by atoms with van der Waals surface area (Å²) in [6.07, 6.45) is 8.86. The van der Waals surface area contributed by atoms with Gasteiger partial charge in [-0.3, -0.25) is 10.1 Å². The van der Waals surface area contributed by atoms with Gasteiger partial charge in [0.1, 0.15) is 5.82 Å². The van der Waals surface area contributed by atoms with Crippen molar-refractivity contribution >= 4 is 17.3 Å². The third kappa shape index (κ3) is 2.80. The Morgan fingerprint density at radius 2 is 1.81 bits per heavy atom. The van der Waals surface area contributed by atoms with E-state index in [1.807, 2.05) is 4.90 Å². The van der Waals surface area contributed by atoms with Crippen LogP contribution >= 0.6 is 0 Å². The molecule has 1 aromatic rings. The molecule has 0 radical (unpaired) electrons. The van der Waals surface area contributed by atoms with Gasteiger partial charge in [0.05, 0.1) is 4.92 Å². The van der Waals surface area contributed by atoms with Crippen LogP contribution in [0.4, 0.5) is 17.3 Å². The zero-order valence-corrected chi connectivity index (χ0v) is 12.3. The molecule has 0 atom stereocenters. The zero-order chi connectivity index (χ0) is 14.9. The van der Waals surface area contributed by atoms with Crippen LogP contribution in [0.1, 0.15) is 44.9 Å². The SMILES string of the molecule is Nc1ccc([N+](=O)[O-])c(N2CCC3(CCCCC3)CC2)n1. The highest BCUT2D eigenvalue weighted by Crippen LogP contribution is 2.45. The summed E-state index contributed by atoms with van der Waals surface area (Å²) in [5.74, 6) is 0.777. The highest BCUT2D eigenvalue weighted by Gasteiger charge is 2.37. The van der Waals surface area contributed by atoms with Gasteiger partial charge in [-0.1, -0.05) is 19.3 Å². The summed E-state index contributed by atoms with van der Waals surface area (Å²) < 4.78 is 0. The Balaban J connectivity index is 1.77. The molecule has 2 N–H and O–H groups in total. The lowest BCUT2D eigenvalue weighted by Crippen LogP contribution is -2.41. The van der Waals surface area contributed by atoms with Gasteiger partial charge in [-0.15, -0.1) is 0 Å². The normalized spacial score (nSPS) is 21.4. The maximum atomic E-state index is 11.2. The third-order valence-electron chi connectivity index (χ3n) is 5.11. The summed E-state index contributed by atoms with van der Waals surface area (Å²) in [5.41, 5.74) is 6.25. The van der Waals surface area contributed by atoms with E-state index >= 15 is 0 Å². The summed E-state index contributed by atoms with van der Waals surface area (Å²) in [7, 11) is 0. The molecule has 0 unspecified atom stereocenters. The second-order valence-corrected chi connectivity index (χ2v) is 6.38. The molecule has 1 spiro atoms. The number of anilines is 2. The number of pyridine rings is 1. The fourth-order valence-corrected chi connectivity index (χ4v) is 3.83. The van der Waals surface area contributed by atoms with Gasteiger partial charge in [0.25, 0.3) is 0 Å². The number of aromatic nitrogens is 1. The van der Waals surface area contributed by atoms with Crippen molar-refractivity contribution < 1.29 is 4.92 Å². The van der Waals surface area contributed by atoms with Gasteiger partial charge in [0.15, 0.2) is 0 Å². The van der Waals surface area contributed by atoms with Crippen molar-refractivity contribution in [1.29, 1.82) is 0 Å². The predicted octanol–water partition coefficient (Wildman–Crippen LogP) is 3.12. The predicted molar refractivity (Wildman–Crippen MR) is 82.3 cm³/mol. The number of nitrogens with zero attached hydrogens (tertiary/aromatic N) is 3. The maximum absolute atomic E-state index is 11.2. The minimum atomic E-state index is -0.368. The van der Waals surface area contributed by atoms with Gasteiger partial charge in [0, 0.05) is 19.2 Å². The molecule has 0 amide bonds. The Labute approximate surface area is 124 Å². The quantitative estimate of drug-likeness (QED) is 0.668. The second-order valence-electron chi connectivity index (χ2n) is 6.38. The molecule has 1 saturated heterocycles. The highest BCUT2D eigenvalue weighted by molar-refractivity contribution is 5.61. The van der Waals surface area contributed by atoms with Crippen LogP contribution in [0, 0.1) is 15.5 Å². The standard InChI is InChI=1S/C15H22N4O2/c16-13-5-4-12(19(20)21)14(17-13)18-10-8-15(9-11-18)6-2-1-3-7-15/h4-5H,1-3,6-11H2,(H2,16,17). The molecule has 1 aliphatic heterocycles. The number of hydrogen-bond donors (Lipinski definition) is 1. The minimum absolute atomic E-state index is 0.0591. The van der Waals surface area contributed by atoms with E-state index in [1.165, 1.54) is 44.2 Å². The van der Waals surface area contributed by atoms with Crippen LogP contribution in [-0.2, 0) is 0 Å². The van der Waals surface area contributed by atoms with Crippen LogP contribution in [-0.4, -0.2) is 23.0 Å². The number of piperidine rings is 1. The van der Waals surface area contributed by atoms with Crippen molar-refractivity contribution in [2.75, 3.05) is 23.7 Å². The van der Waals surface area contributed by atoms with Crippen LogP contribution in [0.3, 0.4) is 0 Å². The van der Waals surface area contributed by atoms with Gasteiger partial charge in [-0.2, -0.15) is 0 Å². The van der Waals surface area contributed by atoms with Crippen LogP contribution < -0.4 is 10.6 Å². The maximum Gasteiger partial charge on any atom is 0.311 e. The number of nitrogen functional groups attached to an aromatic ring is 1. The fraction of sp³-hybridized carbons (Fsp3) is 0.667. The first kappa shape index (κ1) is 14.1. The highest BCUT2D eigenvalue weighted by atomic mass is 16.6. The molecule has 1 aliphatic carbocycles. The molecular formula is C15H22N4O2. The first-order valence-corrected chi connectivity index (χ1v) is 7.76. The lowest BCUT2D eigenvalue weighted by atomic mass is 9.68. The van der Waals surface area contributed by atoms with Crippen molar-refractivity contribution in [3.63, 3.8) is 0 Å². The molecule has 1 aromatic heterocycles. The summed E-state index contributed by atoms with van der Waals surface area (Å²) in [4.78, 5) is 17.1. The molecule has 2 aliphatic rings. The molecule has 21 heavy (non-hydrogen) atoms. The van der Waals surface area contributed by atoms with E-state index in [1.54, 1.807) is 0 Å². The number of hydrogen-bond acceptors (Lipinski definition) is 5. The van der Waals surface area contributed by atoms with Crippen LogP contribution in [0.25, 0.3) is 0 Å². The van der Waals surface area contributed by atoms with E-state index in [0.29, 0.717) is 17.1 Å². The Kier molecular flexibility index (Phi) is 3.69. The van der Waals surface area contributed by atoms with Gasteiger partial charge in [-0.05, 0) is 37.2 Å². The van der Waals surface area contributed by atoms with Gasteiger partial charge >= 0.3 is 5.69 Å². The number of nitrogens with two attached hydrogens (primary N) is 1. The van der Waals surface area contributed by atoms with E-state index in [2.05, 4.69) is 4.98 Å². The fourth-order valence-electron chi connectivity index (χ4n) is 3.83. The summed E-state index contributed by atoms with van der Waals surface area (Å²) in [5, 5.41) is 11.2.